The van der Waals surface area contributed by atoms with Gasteiger partial charge in [0.1, 0.15) is 12.3 Å². The Morgan fingerprint density at radius 3 is 2.15 bits per heavy atom. The number of sulfonamides is 1. The number of hydrogen-bond donors (Lipinski definition) is 0. The number of ether oxygens (including phenoxy) is 1. The maximum Gasteiger partial charge on any atom is 0.264 e. The maximum absolute atomic E-state index is 13.6. The van der Waals surface area contributed by atoms with Crippen LogP contribution in [0.2, 0.25) is 5.02 Å². The van der Waals surface area contributed by atoms with Crippen molar-refractivity contribution in [1.82, 2.24) is 4.90 Å². The highest BCUT2D eigenvalue weighted by Gasteiger charge is 2.28. The predicted octanol–water partition coefficient (Wildman–Crippen LogP) is 5.31. The molecule has 0 aliphatic rings. The highest BCUT2D eigenvalue weighted by Crippen LogP contribution is 2.27. The van der Waals surface area contributed by atoms with Crippen LogP contribution in [0.25, 0.3) is 0 Å². The number of amides is 1. The van der Waals surface area contributed by atoms with Crippen molar-refractivity contribution in [3.05, 3.63) is 83.4 Å². The average Bonchev–Trinajstić information content (AvgIpc) is 2.84. The maximum atomic E-state index is 13.6. The highest BCUT2D eigenvalue weighted by molar-refractivity contribution is 7.98. The first-order chi connectivity index (χ1) is 16.2. The van der Waals surface area contributed by atoms with E-state index in [9.17, 15) is 13.2 Å². The molecule has 3 aromatic rings. The number of hydrogen-bond acceptors (Lipinski definition) is 5. The molecule has 0 bridgehead atoms. The van der Waals surface area contributed by atoms with Crippen LogP contribution in [-0.4, -0.2) is 45.7 Å². The molecule has 3 rings (SSSR count). The number of likely N-dealkylation sites (N-methyl/N-ethyl adjacent to an activating group) is 1. The van der Waals surface area contributed by atoms with Gasteiger partial charge in [0.15, 0.2) is 0 Å². The number of anilines is 1. The highest BCUT2D eigenvalue weighted by atomic mass is 35.5. The van der Waals surface area contributed by atoms with Crippen LogP contribution in [0.3, 0.4) is 0 Å². The number of thioether (sulfide) groups is 1. The van der Waals surface area contributed by atoms with E-state index in [0.29, 0.717) is 29.6 Å². The molecule has 180 valence electrons. The number of nitrogens with zero attached hydrogens (tertiary/aromatic N) is 2. The second-order valence-corrected chi connectivity index (χ2v) is 10.7. The van der Waals surface area contributed by atoms with Gasteiger partial charge in [0.05, 0.1) is 17.2 Å². The molecular formula is C25H27ClN2O4S2. The molecule has 0 saturated heterocycles. The predicted molar refractivity (Wildman–Crippen MR) is 138 cm³/mol. The number of halogens is 1. The Morgan fingerprint density at radius 1 is 0.971 bits per heavy atom. The van der Waals surface area contributed by atoms with Crippen molar-refractivity contribution >= 4 is 45.0 Å². The minimum atomic E-state index is -3.99. The standard InChI is InChI=1S/C25H27ClN2O4S2/c1-4-32-22-11-9-21(10-12-22)28(34(30,31)24-15-13-23(33-3)14-16-24)18-25(29)27(2)17-19-5-7-20(26)8-6-19/h5-16H,4,17-18H2,1-3H3. The largest absolute Gasteiger partial charge is 0.494 e. The molecular weight excluding hydrogens is 492 g/mol. The normalized spacial score (nSPS) is 11.2. The minimum absolute atomic E-state index is 0.118. The molecule has 0 aromatic heterocycles. The Bertz CT molecular complexity index is 1200. The van der Waals surface area contributed by atoms with E-state index < -0.39 is 10.0 Å². The molecule has 0 radical (unpaired) electrons. The Hall–Kier alpha value is -2.68. The molecule has 0 N–H and O–H groups in total. The molecule has 0 unspecified atom stereocenters. The monoisotopic (exact) mass is 518 g/mol. The molecule has 34 heavy (non-hydrogen) atoms. The first-order valence-electron chi connectivity index (χ1n) is 10.6. The summed E-state index contributed by atoms with van der Waals surface area (Å²) < 4.78 is 33.8. The Labute approximate surface area is 210 Å². The summed E-state index contributed by atoms with van der Waals surface area (Å²) in [5.74, 6) is 0.284. The van der Waals surface area contributed by atoms with Crippen molar-refractivity contribution in [3.63, 3.8) is 0 Å². The van der Waals surface area contributed by atoms with E-state index in [1.54, 1.807) is 67.7 Å². The third kappa shape index (κ3) is 6.46. The summed E-state index contributed by atoms with van der Waals surface area (Å²) in [6, 6.07) is 20.5. The topological polar surface area (TPSA) is 66.9 Å². The van der Waals surface area contributed by atoms with Gasteiger partial charge in [-0.05, 0) is 79.4 Å². The van der Waals surface area contributed by atoms with Crippen LogP contribution in [0.5, 0.6) is 5.75 Å². The summed E-state index contributed by atoms with van der Waals surface area (Å²) in [4.78, 5) is 15.7. The third-order valence-electron chi connectivity index (χ3n) is 5.12. The van der Waals surface area contributed by atoms with Gasteiger partial charge in [-0.2, -0.15) is 0 Å². The molecule has 0 heterocycles. The van der Waals surface area contributed by atoms with Crippen molar-refractivity contribution in [1.29, 1.82) is 0 Å². The van der Waals surface area contributed by atoms with E-state index >= 15 is 0 Å². The fourth-order valence-electron chi connectivity index (χ4n) is 3.26. The molecule has 1 amide bonds. The van der Waals surface area contributed by atoms with Crippen molar-refractivity contribution in [2.75, 3.05) is 30.8 Å². The number of carbonyl (C=O) groups is 1. The van der Waals surface area contributed by atoms with Crippen molar-refractivity contribution in [3.8, 4) is 5.75 Å². The van der Waals surface area contributed by atoms with Crippen molar-refractivity contribution in [2.45, 2.75) is 23.3 Å². The zero-order valence-electron chi connectivity index (χ0n) is 19.3. The van der Waals surface area contributed by atoms with Gasteiger partial charge in [-0.15, -0.1) is 11.8 Å². The average molecular weight is 519 g/mol. The lowest BCUT2D eigenvalue weighted by Gasteiger charge is -2.27. The summed E-state index contributed by atoms with van der Waals surface area (Å²) in [7, 11) is -2.35. The van der Waals surface area contributed by atoms with Gasteiger partial charge in [-0.3, -0.25) is 9.10 Å². The molecule has 0 atom stereocenters. The molecule has 0 aliphatic heterocycles. The Morgan fingerprint density at radius 2 is 1.59 bits per heavy atom. The van der Waals surface area contributed by atoms with E-state index in [-0.39, 0.29) is 17.3 Å². The van der Waals surface area contributed by atoms with Crippen LogP contribution in [0.4, 0.5) is 5.69 Å². The van der Waals surface area contributed by atoms with E-state index in [2.05, 4.69) is 0 Å². The molecule has 9 heteroatoms. The third-order valence-corrected chi connectivity index (χ3v) is 7.90. The molecule has 0 spiro atoms. The van der Waals surface area contributed by atoms with Gasteiger partial charge >= 0.3 is 0 Å². The summed E-state index contributed by atoms with van der Waals surface area (Å²) in [6.07, 6.45) is 1.92. The smallest absolute Gasteiger partial charge is 0.264 e. The number of rotatable bonds is 10. The van der Waals surface area contributed by atoms with Crippen LogP contribution in [0.1, 0.15) is 12.5 Å². The zero-order valence-corrected chi connectivity index (χ0v) is 21.7. The quantitative estimate of drug-likeness (QED) is 0.340. The van der Waals surface area contributed by atoms with Crippen LogP contribution in [-0.2, 0) is 21.4 Å². The number of carbonyl (C=O) groups excluding carboxylic acids is 1. The SMILES string of the molecule is CCOc1ccc(N(CC(=O)N(C)Cc2ccc(Cl)cc2)S(=O)(=O)c2ccc(SC)cc2)cc1. The lowest BCUT2D eigenvalue weighted by molar-refractivity contribution is -0.128. The van der Waals surface area contributed by atoms with Crippen molar-refractivity contribution in [2.24, 2.45) is 0 Å². The second kappa shape index (κ2) is 11.6. The molecule has 6 nitrogen and oxygen atoms in total. The van der Waals surface area contributed by atoms with Gasteiger partial charge < -0.3 is 9.64 Å². The van der Waals surface area contributed by atoms with Crippen LogP contribution in [0.15, 0.2) is 82.6 Å². The van der Waals surface area contributed by atoms with Crippen LogP contribution in [0, 0.1) is 0 Å². The van der Waals surface area contributed by atoms with E-state index in [0.717, 1.165) is 14.8 Å². The van der Waals surface area contributed by atoms with Gasteiger partial charge in [0.25, 0.3) is 10.0 Å². The summed E-state index contributed by atoms with van der Waals surface area (Å²) in [6.45, 7) is 2.36. The summed E-state index contributed by atoms with van der Waals surface area (Å²) in [5.41, 5.74) is 1.27. The molecule has 3 aromatic carbocycles. The second-order valence-electron chi connectivity index (χ2n) is 7.49. The van der Waals surface area contributed by atoms with Crippen molar-refractivity contribution < 1.29 is 17.9 Å². The fraction of sp³-hybridized carbons (Fsp3) is 0.240. The van der Waals surface area contributed by atoms with Crippen LogP contribution >= 0.6 is 23.4 Å². The van der Waals surface area contributed by atoms with Crippen LogP contribution < -0.4 is 9.04 Å². The van der Waals surface area contributed by atoms with E-state index in [4.69, 9.17) is 16.3 Å². The molecule has 0 fully saturated rings. The fourth-order valence-corrected chi connectivity index (χ4v) is 5.21. The van der Waals surface area contributed by atoms with Gasteiger partial charge in [0, 0.05) is 23.5 Å². The number of benzene rings is 3. The molecule has 0 saturated carbocycles. The first kappa shape index (κ1) is 25.9. The molecule has 0 aliphatic carbocycles. The Balaban J connectivity index is 1.90. The summed E-state index contributed by atoms with van der Waals surface area (Å²) >= 11 is 7.47. The van der Waals surface area contributed by atoms with E-state index in [1.807, 2.05) is 25.3 Å². The Kier molecular flexibility index (Phi) is 8.88. The first-order valence-corrected chi connectivity index (χ1v) is 13.7. The zero-order chi connectivity index (χ0) is 24.7. The minimum Gasteiger partial charge on any atom is -0.494 e. The lowest BCUT2D eigenvalue weighted by atomic mass is 10.2. The van der Waals surface area contributed by atoms with Gasteiger partial charge in [-0.1, -0.05) is 23.7 Å². The summed E-state index contributed by atoms with van der Waals surface area (Å²) in [5, 5.41) is 0.609. The van der Waals surface area contributed by atoms with Gasteiger partial charge in [-0.25, -0.2) is 8.42 Å². The van der Waals surface area contributed by atoms with Gasteiger partial charge in [0.2, 0.25) is 5.91 Å². The van der Waals surface area contributed by atoms with E-state index in [1.165, 1.54) is 16.7 Å². The lowest BCUT2D eigenvalue weighted by Crippen LogP contribution is -2.41.